The summed E-state index contributed by atoms with van der Waals surface area (Å²) in [6.45, 7) is 1.50. The van der Waals surface area contributed by atoms with Gasteiger partial charge in [0.05, 0.1) is 0 Å². The van der Waals surface area contributed by atoms with Gasteiger partial charge in [-0.1, -0.05) is 0 Å². The van der Waals surface area contributed by atoms with Crippen LogP contribution in [0.25, 0.3) is 0 Å². The molecule has 9 heavy (non-hydrogen) atoms. The van der Waals surface area contributed by atoms with Crippen molar-refractivity contribution in [2.24, 2.45) is 0 Å². The molecule has 0 aromatic rings. The largest absolute Gasteiger partial charge is 0.434 e. The maximum atomic E-state index is 10.5. The number of cyclic esters (lactones) is 1. The summed E-state index contributed by atoms with van der Waals surface area (Å²) in [4.78, 5) is 10.5. The van der Waals surface area contributed by atoms with E-state index in [-0.39, 0.29) is 5.97 Å². The number of rotatable bonds is 0. The molecular weight excluding hydrogens is 120 g/mol. The van der Waals surface area contributed by atoms with Gasteiger partial charge in [-0.05, 0) is 6.42 Å². The van der Waals surface area contributed by atoms with Crippen LogP contribution in [-0.2, 0) is 9.53 Å². The molecule has 52 valence electrons. The predicted octanol–water partition coefficient (Wildman–Crippen LogP) is 0.422. The van der Waals surface area contributed by atoms with E-state index in [1.807, 2.05) is 0 Å². The SMILES string of the molecule is CC1(O)CCCC(=O)O1. The summed E-state index contributed by atoms with van der Waals surface area (Å²) in [5.74, 6) is -1.50. The van der Waals surface area contributed by atoms with Gasteiger partial charge in [0.25, 0.3) is 0 Å². The van der Waals surface area contributed by atoms with E-state index in [4.69, 9.17) is 5.11 Å². The third-order valence-corrected chi connectivity index (χ3v) is 1.36. The summed E-state index contributed by atoms with van der Waals surface area (Å²) in [5, 5.41) is 9.10. The second-order valence-corrected chi connectivity index (χ2v) is 2.50. The third-order valence-electron chi connectivity index (χ3n) is 1.36. The van der Waals surface area contributed by atoms with E-state index in [0.717, 1.165) is 6.42 Å². The minimum absolute atomic E-state index is 0.300. The van der Waals surface area contributed by atoms with Crippen molar-refractivity contribution in [2.45, 2.75) is 32.0 Å². The highest BCUT2D eigenvalue weighted by atomic mass is 16.7. The molecule has 1 aliphatic heterocycles. The lowest BCUT2D eigenvalue weighted by Crippen LogP contribution is -2.34. The Kier molecular flexibility index (Phi) is 1.45. The molecule has 1 unspecified atom stereocenters. The van der Waals surface area contributed by atoms with Crippen molar-refractivity contribution in [1.82, 2.24) is 0 Å². The zero-order valence-corrected chi connectivity index (χ0v) is 5.39. The van der Waals surface area contributed by atoms with Crippen molar-refractivity contribution in [3.63, 3.8) is 0 Å². The molecule has 1 N–H and O–H groups in total. The number of aliphatic hydroxyl groups is 1. The zero-order chi connectivity index (χ0) is 6.91. The van der Waals surface area contributed by atoms with Crippen LogP contribution in [-0.4, -0.2) is 16.9 Å². The Morgan fingerprint density at radius 2 is 2.44 bits per heavy atom. The molecule has 0 bridgehead atoms. The lowest BCUT2D eigenvalue weighted by molar-refractivity contribution is -0.214. The van der Waals surface area contributed by atoms with Gasteiger partial charge < -0.3 is 9.84 Å². The fourth-order valence-electron chi connectivity index (χ4n) is 0.908. The Bertz CT molecular complexity index is 128. The van der Waals surface area contributed by atoms with Crippen LogP contribution in [0.15, 0.2) is 0 Å². The maximum absolute atomic E-state index is 10.5. The molecule has 1 saturated heterocycles. The van der Waals surface area contributed by atoms with Crippen molar-refractivity contribution in [3.8, 4) is 0 Å². The molecule has 0 aromatic carbocycles. The van der Waals surface area contributed by atoms with Crippen LogP contribution < -0.4 is 0 Å². The summed E-state index contributed by atoms with van der Waals surface area (Å²) >= 11 is 0. The lowest BCUT2D eigenvalue weighted by Gasteiger charge is -2.27. The topological polar surface area (TPSA) is 46.5 Å². The quantitative estimate of drug-likeness (QED) is 0.483. The Hall–Kier alpha value is -0.570. The smallest absolute Gasteiger partial charge is 0.308 e. The molecule has 1 aliphatic rings. The van der Waals surface area contributed by atoms with Crippen LogP contribution >= 0.6 is 0 Å². The zero-order valence-electron chi connectivity index (χ0n) is 5.39. The van der Waals surface area contributed by atoms with Gasteiger partial charge in [-0.3, -0.25) is 4.79 Å². The Labute approximate surface area is 53.6 Å². The van der Waals surface area contributed by atoms with Gasteiger partial charge in [0.2, 0.25) is 5.79 Å². The van der Waals surface area contributed by atoms with Crippen molar-refractivity contribution in [3.05, 3.63) is 0 Å². The van der Waals surface area contributed by atoms with E-state index in [0.29, 0.717) is 12.8 Å². The average Bonchev–Trinajstić information content (AvgIpc) is 1.60. The Morgan fingerprint density at radius 1 is 1.78 bits per heavy atom. The maximum Gasteiger partial charge on any atom is 0.308 e. The van der Waals surface area contributed by atoms with Gasteiger partial charge in [-0.15, -0.1) is 0 Å². The van der Waals surface area contributed by atoms with Gasteiger partial charge in [0.15, 0.2) is 0 Å². The first kappa shape index (κ1) is 6.55. The van der Waals surface area contributed by atoms with Crippen molar-refractivity contribution < 1.29 is 14.6 Å². The van der Waals surface area contributed by atoms with E-state index >= 15 is 0 Å². The summed E-state index contributed by atoms with van der Waals surface area (Å²) < 4.78 is 4.59. The van der Waals surface area contributed by atoms with Crippen LogP contribution in [0, 0.1) is 0 Å². The van der Waals surface area contributed by atoms with Crippen LogP contribution in [0.5, 0.6) is 0 Å². The van der Waals surface area contributed by atoms with Crippen LogP contribution in [0.3, 0.4) is 0 Å². The van der Waals surface area contributed by atoms with Crippen molar-refractivity contribution >= 4 is 5.97 Å². The van der Waals surface area contributed by atoms with Gasteiger partial charge in [-0.25, -0.2) is 0 Å². The van der Waals surface area contributed by atoms with Crippen molar-refractivity contribution in [2.75, 3.05) is 0 Å². The second kappa shape index (κ2) is 1.99. The monoisotopic (exact) mass is 130 g/mol. The molecule has 1 atom stereocenters. The first-order valence-electron chi connectivity index (χ1n) is 3.04. The second-order valence-electron chi connectivity index (χ2n) is 2.50. The molecule has 0 saturated carbocycles. The molecule has 1 heterocycles. The minimum Gasteiger partial charge on any atom is -0.434 e. The van der Waals surface area contributed by atoms with E-state index < -0.39 is 5.79 Å². The summed E-state index contributed by atoms with van der Waals surface area (Å²) in [7, 11) is 0. The highest BCUT2D eigenvalue weighted by molar-refractivity contribution is 5.70. The van der Waals surface area contributed by atoms with Crippen LogP contribution in [0.1, 0.15) is 26.2 Å². The fraction of sp³-hybridized carbons (Fsp3) is 0.833. The third kappa shape index (κ3) is 1.68. The number of ether oxygens (including phenoxy) is 1. The van der Waals surface area contributed by atoms with E-state index in [1.165, 1.54) is 6.92 Å². The number of esters is 1. The standard InChI is InChI=1S/C6H10O3/c1-6(8)4-2-3-5(7)9-6/h8H,2-4H2,1H3. The highest BCUT2D eigenvalue weighted by Gasteiger charge is 2.29. The van der Waals surface area contributed by atoms with Gasteiger partial charge in [0.1, 0.15) is 0 Å². The van der Waals surface area contributed by atoms with E-state index in [9.17, 15) is 4.79 Å². The summed E-state index contributed by atoms with van der Waals surface area (Å²) in [6, 6.07) is 0. The molecule has 1 fully saturated rings. The number of hydrogen-bond acceptors (Lipinski definition) is 3. The van der Waals surface area contributed by atoms with E-state index in [1.54, 1.807) is 0 Å². The number of carbonyl (C=O) groups excluding carboxylic acids is 1. The molecule has 0 spiro atoms. The molecule has 0 aromatic heterocycles. The summed E-state index contributed by atoms with van der Waals surface area (Å²) in [6.07, 6.45) is 1.72. The first-order valence-corrected chi connectivity index (χ1v) is 3.04. The first-order chi connectivity index (χ1) is 4.10. The predicted molar refractivity (Wildman–Crippen MR) is 30.6 cm³/mol. The van der Waals surface area contributed by atoms with Gasteiger partial charge in [-0.2, -0.15) is 0 Å². The number of hydrogen-bond donors (Lipinski definition) is 1. The highest BCUT2D eigenvalue weighted by Crippen LogP contribution is 2.21. The molecule has 3 heteroatoms. The molecule has 3 nitrogen and oxygen atoms in total. The molecule has 0 amide bonds. The average molecular weight is 130 g/mol. The van der Waals surface area contributed by atoms with Gasteiger partial charge in [0, 0.05) is 19.8 Å². The summed E-state index contributed by atoms with van der Waals surface area (Å²) in [5.41, 5.74) is 0. The van der Waals surface area contributed by atoms with Crippen molar-refractivity contribution in [1.29, 1.82) is 0 Å². The normalized spacial score (nSPS) is 36.0. The van der Waals surface area contributed by atoms with Crippen LogP contribution in [0.2, 0.25) is 0 Å². The lowest BCUT2D eigenvalue weighted by atomic mass is 10.1. The Balaban J connectivity index is 2.51. The molecular formula is C6H10O3. The molecule has 0 radical (unpaired) electrons. The molecule has 1 rings (SSSR count). The number of carbonyl (C=O) groups is 1. The van der Waals surface area contributed by atoms with Gasteiger partial charge >= 0.3 is 5.97 Å². The molecule has 0 aliphatic carbocycles. The van der Waals surface area contributed by atoms with E-state index in [2.05, 4.69) is 4.74 Å². The minimum atomic E-state index is -1.20. The Morgan fingerprint density at radius 3 is 2.78 bits per heavy atom. The fourth-order valence-corrected chi connectivity index (χ4v) is 0.908. The van der Waals surface area contributed by atoms with Crippen LogP contribution in [0.4, 0.5) is 0 Å².